The van der Waals surface area contributed by atoms with Gasteiger partial charge in [0.1, 0.15) is 11.9 Å². The van der Waals surface area contributed by atoms with Gasteiger partial charge in [0.25, 0.3) is 0 Å². The third-order valence-electron chi connectivity index (χ3n) is 3.61. The summed E-state index contributed by atoms with van der Waals surface area (Å²) in [6.45, 7) is 2.29. The predicted octanol–water partition coefficient (Wildman–Crippen LogP) is 3.17. The molecule has 2 atom stereocenters. The number of hydrogen-bond acceptors (Lipinski definition) is 3. The third kappa shape index (κ3) is 2.71. The molecule has 0 N–H and O–H groups in total. The molecule has 4 heteroatoms. The minimum Gasteiger partial charge on any atom is -0.490 e. The Morgan fingerprint density at radius 1 is 1.33 bits per heavy atom. The Hall–Kier alpha value is -0.580. The van der Waals surface area contributed by atoms with E-state index in [2.05, 4.69) is 15.9 Å². The number of rotatable bonds is 2. The zero-order valence-electron chi connectivity index (χ0n) is 10.2. The molecule has 2 saturated heterocycles. The zero-order chi connectivity index (χ0) is 12.4. The summed E-state index contributed by atoms with van der Waals surface area (Å²) in [5, 5.41) is 0. The van der Waals surface area contributed by atoms with Crippen molar-refractivity contribution in [1.82, 2.24) is 0 Å². The molecule has 2 heterocycles. The minimum atomic E-state index is -0.0884. The van der Waals surface area contributed by atoms with Gasteiger partial charge in [0.05, 0.1) is 18.8 Å². The van der Waals surface area contributed by atoms with Crippen molar-refractivity contribution in [3.05, 3.63) is 28.7 Å². The van der Waals surface area contributed by atoms with Crippen LogP contribution in [-0.4, -0.2) is 31.5 Å². The lowest BCUT2D eigenvalue weighted by Gasteiger charge is -2.37. The highest BCUT2D eigenvalue weighted by Gasteiger charge is 2.41. The van der Waals surface area contributed by atoms with Crippen LogP contribution in [0.2, 0.25) is 0 Å². The first-order valence-electron chi connectivity index (χ1n) is 6.40. The molecule has 0 bridgehead atoms. The Balaban J connectivity index is 1.66. The van der Waals surface area contributed by atoms with E-state index < -0.39 is 0 Å². The van der Waals surface area contributed by atoms with Crippen LogP contribution >= 0.6 is 15.9 Å². The van der Waals surface area contributed by atoms with Crippen LogP contribution in [0.3, 0.4) is 0 Å². The summed E-state index contributed by atoms with van der Waals surface area (Å²) in [5.41, 5.74) is -0.0884. The fourth-order valence-electron chi connectivity index (χ4n) is 2.68. The molecular formula is C14H17BrO3. The number of ether oxygens (including phenoxy) is 3. The Labute approximate surface area is 116 Å². The molecule has 0 radical (unpaired) electrons. The van der Waals surface area contributed by atoms with Crippen molar-refractivity contribution in [3.63, 3.8) is 0 Å². The lowest BCUT2D eigenvalue weighted by atomic mass is 9.91. The Morgan fingerprint density at radius 2 is 2.28 bits per heavy atom. The van der Waals surface area contributed by atoms with E-state index in [1.165, 1.54) is 0 Å². The highest BCUT2D eigenvalue weighted by Crippen LogP contribution is 2.34. The van der Waals surface area contributed by atoms with Crippen LogP contribution in [0.15, 0.2) is 28.7 Å². The van der Waals surface area contributed by atoms with Crippen LogP contribution in [0.25, 0.3) is 0 Å². The van der Waals surface area contributed by atoms with Crippen LogP contribution in [0.4, 0.5) is 0 Å². The molecule has 3 nitrogen and oxygen atoms in total. The second-order valence-electron chi connectivity index (χ2n) is 5.02. The van der Waals surface area contributed by atoms with Gasteiger partial charge < -0.3 is 14.2 Å². The molecule has 1 spiro atoms. The summed E-state index contributed by atoms with van der Waals surface area (Å²) in [4.78, 5) is 0. The van der Waals surface area contributed by atoms with E-state index in [0.29, 0.717) is 6.61 Å². The number of benzene rings is 1. The van der Waals surface area contributed by atoms with Gasteiger partial charge in [-0.3, -0.25) is 0 Å². The molecule has 0 saturated carbocycles. The van der Waals surface area contributed by atoms with Crippen LogP contribution in [0.5, 0.6) is 5.75 Å². The van der Waals surface area contributed by atoms with Gasteiger partial charge in [-0.25, -0.2) is 0 Å². The second-order valence-corrected chi connectivity index (χ2v) is 5.94. The first-order valence-corrected chi connectivity index (χ1v) is 7.19. The second kappa shape index (κ2) is 5.19. The number of halogens is 1. The van der Waals surface area contributed by atoms with Gasteiger partial charge in [0.15, 0.2) is 0 Å². The molecule has 2 aliphatic heterocycles. The molecule has 18 heavy (non-hydrogen) atoms. The van der Waals surface area contributed by atoms with E-state index in [-0.39, 0.29) is 11.7 Å². The monoisotopic (exact) mass is 312 g/mol. The standard InChI is InChI=1S/C14H17BrO3/c15-11-2-1-3-12(8-11)18-13-4-6-17-14(9-13)5-7-16-10-14/h1-3,8,13H,4-7,9-10H2. The maximum Gasteiger partial charge on any atom is 0.120 e. The van der Waals surface area contributed by atoms with Crippen LogP contribution in [0.1, 0.15) is 19.3 Å². The van der Waals surface area contributed by atoms with Gasteiger partial charge in [0.2, 0.25) is 0 Å². The molecule has 0 aliphatic carbocycles. The highest BCUT2D eigenvalue weighted by atomic mass is 79.9. The zero-order valence-corrected chi connectivity index (χ0v) is 11.8. The Bertz CT molecular complexity index is 415. The first-order chi connectivity index (χ1) is 8.76. The quantitative estimate of drug-likeness (QED) is 0.839. The summed E-state index contributed by atoms with van der Waals surface area (Å²) in [5.74, 6) is 0.922. The predicted molar refractivity (Wildman–Crippen MR) is 71.9 cm³/mol. The topological polar surface area (TPSA) is 27.7 Å². The van der Waals surface area contributed by atoms with E-state index in [0.717, 1.165) is 42.7 Å². The number of hydrogen-bond donors (Lipinski definition) is 0. The summed E-state index contributed by atoms with van der Waals surface area (Å²) in [6, 6.07) is 8.00. The summed E-state index contributed by atoms with van der Waals surface area (Å²) < 4.78 is 18.5. The normalized spacial score (nSPS) is 31.7. The minimum absolute atomic E-state index is 0.0884. The van der Waals surface area contributed by atoms with E-state index in [1.54, 1.807) is 0 Å². The van der Waals surface area contributed by atoms with Crippen LogP contribution in [0, 0.1) is 0 Å². The van der Waals surface area contributed by atoms with Crippen molar-refractivity contribution in [2.75, 3.05) is 19.8 Å². The molecule has 1 aromatic rings. The van der Waals surface area contributed by atoms with Gasteiger partial charge >= 0.3 is 0 Å². The molecule has 2 unspecified atom stereocenters. The van der Waals surface area contributed by atoms with Gasteiger partial charge in [-0.2, -0.15) is 0 Å². The van der Waals surface area contributed by atoms with Gasteiger partial charge in [0, 0.05) is 30.3 Å². The van der Waals surface area contributed by atoms with Crippen molar-refractivity contribution >= 4 is 15.9 Å². The lowest BCUT2D eigenvalue weighted by molar-refractivity contribution is -0.112. The van der Waals surface area contributed by atoms with E-state index in [1.807, 2.05) is 24.3 Å². The van der Waals surface area contributed by atoms with Gasteiger partial charge in [-0.05, 0) is 18.2 Å². The molecular weight excluding hydrogens is 296 g/mol. The average molecular weight is 313 g/mol. The van der Waals surface area contributed by atoms with E-state index >= 15 is 0 Å². The molecule has 0 aromatic heterocycles. The van der Waals surface area contributed by atoms with Crippen molar-refractivity contribution in [2.45, 2.75) is 31.0 Å². The van der Waals surface area contributed by atoms with Crippen molar-refractivity contribution in [3.8, 4) is 5.75 Å². The van der Waals surface area contributed by atoms with Crippen molar-refractivity contribution < 1.29 is 14.2 Å². The molecule has 1 aromatic carbocycles. The summed E-state index contributed by atoms with van der Waals surface area (Å²) in [6.07, 6.45) is 3.11. The largest absolute Gasteiger partial charge is 0.490 e. The maximum atomic E-state index is 6.06. The van der Waals surface area contributed by atoms with Gasteiger partial charge in [-0.1, -0.05) is 22.0 Å². The molecule has 98 valence electrons. The Kier molecular flexibility index (Phi) is 3.59. The van der Waals surface area contributed by atoms with Gasteiger partial charge in [-0.15, -0.1) is 0 Å². The maximum absolute atomic E-state index is 6.06. The van der Waals surface area contributed by atoms with E-state index in [4.69, 9.17) is 14.2 Å². The average Bonchev–Trinajstić information content (AvgIpc) is 2.77. The highest BCUT2D eigenvalue weighted by molar-refractivity contribution is 9.10. The smallest absolute Gasteiger partial charge is 0.120 e. The van der Waals surface area contributed by atoms with E-state index in [9.17, 15) is 0 Å². The summed E-state index contributed by atoms with van der Waals surface area (Å²) in [7, 11) is 0. The summed E-state index contributed by atoms with van der Waals surface area (Å²) >= 11 is 3.46. The van der Waals surface area contributed by atoms with Crippen LogP contribution < -0.4 is 4.74 Å². The lowest BCUT2D eigenvalue weighted by Crippen LogP contribution is -2.44. The Morgan fingerprint density at radius 3 is 3.06 bits per heavy atom. The molecule has 3 rings (SSSR count). The fraction of sp³-hybridized carbons (Fsp3) is 0.571. The van der Waals surface area contributed by atoms with Crippen molar-refractivity contribution in [2.24, 2.45) is 0 Å². The van der Waals surface area contributed by atoms with Crippen LogP contribution in [-0.2, 0) is 9.47 Å². The fourth-order valence-corrected chi connectivity index (χ4v) is 3.06. The molecule has 0 amide bonds. The first kappa shape index (κ1) is 12.5. The third-order valence-corrected chi connectivity index (χ3v) is 4.11. The SMILES string of the molecule is Brc1cccc(OC2CCOC3(CCOC3)C2)c1. The molecule has 2 fully saturated rings. The van der Waals surface area contributed by atoms with Crippen molar-refractivity contribution in [1.29, 1.82) is 0 Å². The molecule has 2 aliphatic rings.